The number of nitrogens with one attached hydrogen (secondary N) is 2. The molecule has 2 aromatic rings. The lowest BCUT2D eigenvalue weighted by molar-refractivity contribution is -0.330. The number of hydrogen-bond donors (Lipinski definition) is 2. The second-order valence-electron chi connectivity index (χ2n) is 7.69. The van der Waals surface area contributed by atoms with Crippen LogP contribution in [0.4, 0.5) is 18.9 Å². The Morgan fingerprint density at radius 2 is 1.74 bits per heavy atom. The summed E-state index contributed by atoms with van der Waals surface area (Å²) >= 11 is 0. The molecular formula is C21H16F3N3O7S. The standard InChI is InChI=1S/C21H16F3N3O7S/c22-21(23,24)34-10-11-2-1-3-13(8-11)35(32,33)26-12-4-5-14-15(9-12)20(31)27(19(14)30)16-6-7-17(28)25-18(16)29/h1-5,8-9,16,26H,6-7,10H2,(H,25,28,29). The molecule has 2 aliphatic rings. The number of fused-ring (bicyclic) bond motifs is 1. The highest BCUT2D eigenvalue weighted by atomic mass is 32.2. The molecule has 1 saturated heterocycles. The number of ether oxygens (including phenoxy) is 1. The lowest BCUT2D eigenvalue weighted by Crippen LogP contribution is -2.54. The van der Waals surface area contributed by atoms with Gasteiger partial charge in [0.1, 0.15) is 6.04 Å². The zero-order valence-corrected chi connectivity index (χ0v) is 18.4. The Bertz CT molecular complexity index is 1360. The van der Waals surface area contributed by atoms with E-state index in [-0.39, 0.29) is 40.1 Å². The minimum Gasteiger partial charge on any atom is -0.295 e. The summed E-state index contributed by atoms with van der Waals surface area (Å²) in [5.41, 5.74) is -0.326. The normalized spacial score (nSPS) is 18.5. The summed E-state index contributed by atoms with van der Waals surface area (Å²) in [5, 5.41) is 2.07. The first-order valence-electron chi connectivity index (χ1n) is 10.0. The topological polar surface area (TPSA) is 139 Å². The maximum Gasteiger partial charge on any atom is 0.522 e. The van der Waals surface area contributed by atoms with E-state index in [4.69, 9.17) is 0 Å². The molecule has 0 aliphatic carbocycles. The second-order valence-corrected chi connectivity index (χ2v) is 9.38. The maximum atomic E-state index is 12.9. The van der Waals surface area contributed by atoms with Crippen LogP contribution in [0.3, 0.4) is 0 Å². The van der Waals surface area contributed by atoms with Crippen LogP contribution in [-0.4, -0.2) is 49.4 Å². The van der Waals surface area contributed by atoms with Crippen molar-refractivity contribution in [2.75, 3.05) is 4.72 Å². The predicted octanol–water partition coefficient (Wildman–Crippen LogP) is 1.93. The van der Waals surface area contributed by atoms with Gasteiger partial charge < -0.3 is 0 Å². The minimum absolute atomic E-state index is 0.0377. The number of carbonyl (C=O) groups excluding carboxylic acids is 4. The lowest BCUT2D eigenvalue weighted by Gasteiger charge is -2.27. The first kappa shape index (κ1) is 24.3. The summed E-state index contributed by atoms with van der Waals surface area (Å²) in [5.74, 6) is -2.89. The SMILES string of the molecule is O=C1CCC(N2C(=O)c3ccc(NS(=O)(=O)c4cccc(COC(F)(F)F)c4)cc3C2=O)C(=O)N1. The first-order valence-corrected chi connectivity index (χ1v) is 11.5. The molecule has 2 aliphatic heterocycles. The number of piperidine rings is 1. The number of amides is 4. The van der Waals surface area contributed by atoms with Crippen LogP contribution in [0, 0.1) is 0 Å². The lowest BCUT2D eigenvalue weighted by atomic mass is 10.0. The van der Waals surface area contributed by atoms with Gasteiger partial charge in [-0.1, -0.05) is 12.1 Å². The third-order valence-electron chi connectivity index (χ3n) is 5.30. The van der Waals surface area contributed by atoms with Crippen LogP contribution in [0.1, 0.15) is 39.1 Å². The van der Waals surface area contributed by atoms with Crippen molar-refractivity contribution in [3.63, 3.8) is 0 Å². The average Bonchev–Trinajstić information content (AvgIpc) is 3.02. The highest BCUT2D eigenvalue weighted by molar-refractivity contribution is 7.92. The third-order valence-corrected chi connectivity index (χ3v) is 6.68. The van der Waals surface area contributed by atoms with Crippen molar-refractivity contribution in [3.8, 4) is 0 Å². The van der Waals surface area contributed by atoms with Crippen LogP contribution < -0.4 is 10.0 Å². The van der Waals surface area contributed by atoms with Gasteiger partial charge in [0, 0.05) is 12.1 Å². The van der Waals surface area contributed by atoms with Crippen molar-refractivity contribution in [2.24, 2.45) is 0 Å². The monoisotopic (exact) mass is 511 g/mol. The summed E-state index contributed by atoms with van der Waals surface area (Å²) in [6, 6.07) is 7.05. The van der Waals surface area contributed by atoms with Gasteiger partial charge >= 0.3 is 6.36 Å². The fourth-order valence-corrected chi connectivity index (χ4v) is 4.84. The summed E-state index contributed by atoms with van der Waals surface area (Å²) in [6.07, 6.45) is -4.98. The Morgan fingerprint density at radius 1 is 1.03 bits per heavy atom. The largest absolute Gasteiger partial charge is 0.522 e. The summed E-state index contributed by atoms with van der Waals surface area (Å²) in [7, 11) is -4.29. The van der Waals surface area contributed by atoms with Crippen molar-refractivity contribution < 1.29 is 45.5 Å². The van der Waals surface area contributed by atoms with Gasteiger partial charge in [0.05, 0.1) is 22.6 Å². The van der Waals surface area contributed by atoms with E-state index in [1.807, 2.05) is 0 Å². The van der Waals surface area contributed by atoms with Crippen molar-refractivity contribution in [1.82, 2.24) is 10.2 Å². The number of imide groups is 2. The molecule has 0 radical (unpaired) electrons. The fraction of sp³-hybridized carbons (Fsp3) is 0.238. The van der Waals surface area contributed by atoms with Gasteiger partial charge in [0.2, 0.25) is 11.8 Å². The van der Waals surface area contributed by atoms with E-state index in [0.29, 0.717) is 0 Å². The van der Waals surface area contributed by atoms with Gasteiger partial charge in [-0.05, 0) is 42.3 Å². The van der Waals surface area contributed by atoms with Crippen LogP contribution in [0.5, 0.6) is 0 Å². The number of alkyl halides is 3. The van der Waals surface area contributed by atoms with Gasteiger partial charge in [0.25, 0.3) is 21.8 Å². The molecule has 184 valence electrons. The molecule has 35 heavy (non-hydrogen) atoms. The van der Waals surface area contributed by atoms with E-state index in [1.165, 1.54) is 24.3 Å². The molecule has 0 spiro atoms. The van der Waals surface area contributed by atoms with Crippen LogP contribution in [0.2, 0.25) is 0 Å². The number of nitrogens with zero attached hydrogens (tertiary/aromatic N) is 1. The molecule has 2 N–H and O–H groups in total. The number of carbonyl (C=O) groups is 4. The third kappa shape index (κ3) is 5.02. The Kier molecular flexibility index (Phi) is 6.11. The Labute approximate surface area is 196 Å². The van der Waals surface area contributed by atoms with Crippen LogP contribution in [0.25, 0.3) is 0 Å². The van der Waals surface area contributed by atoms with Crippen LogP contribution in [-0.2, 0) is 31.0 Å². The molecule has 14 heteroatoms. The number of rotatable bonds is 6. The van der Waals surface area contributed by atoms with Crippen molar-refractivity contribution in [1.29, 1.82) is 0 Å². The number of hydrogen-bond acceptors (Lipinski definition) is 7. The van der Waals surface area contributed by atoms with E-state index in [0.717, 1.165) is 23.1 Å². The number of benzene rings is 2. The molecule has 1 unspecified atom stereocenters. The molecule has 4 rings (SSSR count). The number of anilines is 1. The molecular weight excluding hydrogens is 495 g/mol. The van der Waals surface area contributed by atoms with E-state index in [9.17, 15) is 40.8 Å². The van der Waals surface area contributed by atoms with Crippen molar-refractivity contribution in [2.45, 2.75) is 36.7 Å². The summed E-state index contributed by atoms with van der Waals surface area (Å²) in [4.78, 5) is 49.5. The molecule has 0 saturated carbocycles. The van der Waals surface area contributed by atoms with Crippen molar-refractivity contribution in [3.05, 3.63) is 59.2 Å². The molecule has 1 atom stereocenters. The van der Waals surface area contributed by atoms with Gasteiger partial charge in [-0.25, -0.2) is 8.42 Å². The van der Waals surface area contributed by atoms with Crippen molar-refractivity contribution >= 4 is 39.3 Å². The fourth-order valence-electron chi connectivity index (χ4n) is 3.72. The molecule has 4 amide bonds. The quantitative estimate of drug-likeness (QED) is 0.565. The highest BCUT2D eigenvalue weighted by Crippen LogP contribution is 2.30. The maximum absolute atomic E-state index is 12.9. The summed E-state index contributed by atoms with van der Waals surface area (Å²) < 4.78 is 68.3. The zero-order chi connectivity index (χ0) is 25.5. The molecule has 1 fully saturated rings. The Morgan fingerprint density at radius 3 is 2.43 bits per heavy atom. The van der Waals surface area contributed by atoms with Gasteiger partial charge in [0.15, 0.2) is 0 Å². The molecule has 10 nitrogen and oxygen atoms in total. The molecule has 2 heterocycles. The number of sulfonamides is 1. The van der Waals surface area contributed by atoms with Gasteiger partial charge in [-0.15, -0.1) is 13.2 Å². The van der Waals surface area contributed by atoms with E-state index < -0.39 is 52.7 Å². The molecule has 0 bridgehead atoms. The van der Waals surface area contributed by atoms with Gasteiger partial charge in [-0.3, -0.25) is 38.9 Å². The zero-order valence-electron chi connectivity index (χ0n) is 17.6. The highest BCUT2D eigenvalue weighted by Gasteiger charge is 2.44. The van der Waals surface area contributed by atoms with Gasteiger partial charge in [-0.2, -0.15) is 0 Å². The first-order chi connectivity index (χ1) is 16.4. The van der Waals surface area contributed by atoms with E-state index in [2.05, 4.69) is 14.8 Å². The number of halogens is 3. The van der Waals surface area contributed by atoms with Crippen LogP contribution >= 0.6 is 0 Å². The Balaban J connectivity index is 1.55. The van der Waals surface area contributed by atoms with Crippen LogP contribution in [0.15, 0.2) is 47.4 Å². The molecule has 2 aromatic carbocycles. The predicted molar refractivity (Wildman–Crippen MR) is 111 cm³/mol. The molecule has 0 aromatic heterocycles. The average molecular weight is 511 g/mol. The smallest absolute Gasteiger partial charge is 0.295 e. The summed E-state index contributed by atoms with van der Waals surface area (Å²) in [6.45, 7) is -0.890. The Hall–Kier alpha value is -3.78. The van der Waals surface area contributed by atoms with E-state index >= 15 is 0 Å². The van der Waals surface area contributed by atoms with E-state index in [1.54, 1.807) is 0 Å². The minimum atomic E-state index is -4.89. The second kappa shape index (κ2) is 8.78.